The van der Waals surface area contributed by atoms with Crippen LogP contribution in [0.4, 0.5) is 5.69 Å². The van der Waals surface area contributed by atoms with Gasteiger partial charge in [0, 0.05) is 0 Å². The van der Waals surface area contributed by atoms with Crippen molar-refractivity contribution in [1.29, 1.82) is 0 Å². The zero-order valence-electron chi connectivity index (χ0n) is 9.31. The minimum atomic E-state index is -4.38. The molecule has 0 saturated carbocycles. The summed E-state index contributed by atoms with van der Waals surface area (Å²) in [6, 6.07) is 3.32. The van der Waals surface area contributed by atoms with Gasteiger partial charge in [-0.2, -0.15) is 8.42 Å². The predicted molar refractivity (Wildman–Crippen MR) is 65.2 cm³/mol. The smallest absolute Gasteiger partial charge is 0.294 e. The van der Waals surface area contributed by atoms with Crippen molar-refractivity contribution >= 4 is 39.1 Å². The number of benzene rings is 1. The quantitative estimate of drug-likeness (QED) is 0.647. The number of hydrogen-bond donors (Lipinski definition) is 2. The van der Waals surface area contributed by atoms with Crippen molar-refractivity contribution in [3.8, 4) is 0 Å². The van der Waals surface area contributed by atoms with Crippen LogP contribution >= 0.6 is 11.6 Å². The Hall–Kier alpha value is -1.44. The number of amides is 1. The third kappa shape index (κ3) is 4.10. The zero-order chi connectivity index (χ0) is 13.9. The number of rotatable bonds is 4. The fourth-order valence-corrected chi connectivity index (χ4v) is 1.85. The van der Waals surface area contributed by atoms with E-state index in [1.807, 2.05) is 0 Å². The molecule has 0 heterocycles. The molecule has 1 amide bonds. The second kappa shape index (κ2) is 5.47. The number of carbonyl (C=O) groups is 2. The van der Waals surface area contributed by atoms with Gasteiger partial charge in [0.1, 0.15) is 5.78 Å². The standard InChI is InChI=1S/C10H10ClNO5S/c1-6(13)4-10(14)12-9-5-7(18(15,16)17)2-3-8(9)11/h2-3,5H,4H2,1H3,(H,12,14)(H,15,16,17). The SMILES string of the molecule is CC(=O)CC(=O)Nc1cc(S(=O)(=O)O)ccc1Cl. The summed E-state index contributed by atoms with van der Waals surface area (Å²) in [5.74, 6) is -0.952. The van der Waals surface area contributed by atoms with Gasteiger partial charge in [0.15, 0.2) is 0 Å². The molecule has 0 spiro atoms. The van der Waals surface area contributed by atoms with Gasteiger partial charge in [-0.25, -0.2) is 0 Å². The van der Waals surface area contributed by atoms with Gasteiger partial charge in [0.2, 0.25) is 5.91 Å². The Morgan fingerprint density at radius 2 is 2.00 bits per heavy atom. The molecule has 0 atom stereocenters. The average Bonchev–Trinajstić information content (AvgIpc) is 2.18. The van der Waals surface area contributed by atoms with Crippen molar-refractivity contribution in [3.05, 3.63) is 23.2 Å². The Kier molecular flexibility index (Phi) is 4.44. The summed E-state index contributed by atoms with van der Waals surface area (Å²) in [6.45, 7) is 1.25. The number of carbonyl (C=O) groups excluding carboxylic acids is 2. The van der Waals surface area contributed by atoms with Crippen molar-refractivity contribution in [3.63, 3.8) is 0 Å². The van der Waals surface area contributed by atoms with Crippen LogP contribution in [-0.4, -0.2) is 24.7 Å². The Balaban J connectivity index is 3.02. The lowest BCUT2D eigenvalue weighted by molar-refractivity contribution is -0.124. The first kappa shape index (κ1) is 14.6. The first-order valence-corrected chi connectivity index (χ1v) is 6.58. The van der Waals surface area contributed by atoms with Crippen molar-refractivity contribution in [2.24, 2.45) is 0 Å². The molecule has 8 heteroatoms. The molecule has 0 fully saturated rings. The lowest BCUT2D eigenvalue weighted by Gasteiger charge is -2.07. The average molecular weight is 292 g/mol. The van der Waals surface area contributed by atoms with E-state index in [1.165, 1.54) is 13.0 Å². The number of halogens is 1. The Morgan fingerprint density at radius 1 is 1.39 bits per heavy atom. The van der Waals surface area contributed by atoms with Crippen molar-refractivity contribution in [1.82, 2.24) is 0 Å². The van der Waals surface area contributed by atoms with E-state index in [9.17, 15) is 18.0 Å². The number of anilines is 1. The van der Waals surface area contributed by atoms with Crippen LogP contribution in [0.3, 0.4) is 0 Å². The lowest BCUT2D eigenvalue weighted by atomic mass is 10.2. The van der Waals surface area contributed by atoms with Crippen LogP contribution in [-0.2, 0) is 19.7 Å². The van der Waals surface area contributed by atoms with E-state index >= 15 is 0 Å². The van der Waals surface area contributed by atoms with Crippen LogP contribution in [0.5, 0.6) is 0 Å². The molecule has 1 rings (SSSR count). The van der Waals surface area contributed by atoms with E-state index < -0.39 is 20.9 Å². The Bertz CT molecular complexity index is 596. The normalized spacial score (nSPS) is 11.1. The molecule has 0 saturated heterocycles. The highest BCUT2D eigenvalue weighted by Crippen LogP contribution is 2.25. The molecule has 0 radical (unpaired) electrons. The van der Waals surface area contributed by atoms with E-state index in [0.717, 1.165) is 12.1 Å². The molecule has 0 aliphatic heterocycles. The highest BCUT2D eigenvalue weighted by Gasteiger charge is 2.14. The second-order valence-corrected chi connectivity index (χ2v) is 5.37. The first-order chi connectivity index (χ1) is 8.20. The fraction of sp³-hybridized carbons (Fsp3) is 0.200. The predicted octanol–water partition coefficient (Wildman–Crippen LogP) is 1.50. The van der Waals surface area contributed by atoms with Crippen LogP contribution in [0.2, 0.25) is 5.02 Å². The molecular weight excluding hydrogens is 282 g/mol. The topological polar surface area (TPSA) is 101 Å². The molecule has 18 heavy (non-hydrogen) atoms. The maximum Gasteiger partial charge on any atom is 0.294 e. The van der Waals surface area contributed by atoms with Gasteiger partial charge in [-0.1, -0.05) is 11.6 Å². The molecule has 6 nitrogen and oxygen atoms in total. The molecule has 1 aromatic carbocycles. The number of ketones is 1. The summed E-state index contributed by atoms with van der Waals surface area (Å²) < 4.78 is 30.7. The monoisotopic (exact) mass is 291 g/mol. The summed E-state index contributed by atoms with van der Waals surface area (Å²) in [5, 5.41) is 2.38. The molecule has 0 aromatic heterocycles. The minimum Gasteiger partial charge on any atom is -0.324 e. The maximum atomic E-state index is 11.3. The van der Waals surface area contributed by atoms with Crippen LogP contribution in [0.15, 0.2) is 23.1 Å². The third-order valence-electron chi connectivity index (χ3n) is 1.92. The molecule has 0 unspecified atom stereocenters. The lowest BCUT2D eigenvalue weighted by Crippen LogP contribution is -2.15. The summed E-state index contributed by atoms with van der Waals surface area (Å²) in [6.07, 6.45) is -0.341. The minimum absolute atomic E-state index is 0.0121. The Labute approximate surface area is 109 Å². The molecule has 2 N–H and O–H groups in total. The van der Waals surface area contributed by atoms with E-state index in [4.69, 9.17) is 16.2 Å². The molecule has 0 bridgehead atoms. The number of Topliss-reactive ketones (excluding diaryl/α,β-unsaturated/α-hetero) is 1. The number of hydrogen-bond acceptors (Lipinski definition) is 4. The highest BCUT2D eigenvalue weighted by molar-refractivity contribution is 7.85. The van der Waals surface area contributed by atoms with Gasteiger partial charge in [-0.15, -0.1) is 0 Å². The fourth-order valence-electron chi connectivity index (χ4n) is 1.18. The van der Waals surface area contributed by atoms with Crippen molar-refractivity contribution in [2.75, 3.05) is 5.32 Å². The molecular formula is C10H10ClNO5S. The summed E-state index contributed by atoms with van der Waals surface area (Å²) in [4.78, 5) is 21.7. The first-order valence-electron chi connectivity index (χ1n) is 4.76. The third-order valence-corrected chi connectivity index (χ3v) is 3.10. The van der Waals surface area contributed by atoms with E-state index in [-0.39, 0.29) is 22.9 Å². The summed E-state index contributed by atoms with van der Waals surface area (Å²) in [5.41, 5.74) is 0.0121. The summed E-state index contributed by atoms with van der Waals surface area (Å²) >= 11 is 5.75. The van der Waals surface area contributed by atoms with Gasteiger partial charge in [-0.05, 0) is 25.1 Å². The molecule has 0 aliphatic rings. The van der Waals surface area contributed by atoms with E-state index in [2.05, 4.69) is 5.32 Å². The van der Waals surface area contributed by atoms with E-state index in [1.54, 1.807) is 0 Å². The molecule has 1 aromatic rings. The van der Waals surface area contributed by atoms with Gasteiger partial charge >= 0.3 is 0 Å². The van der Waals surface area contributed by atoms with Crippen LogP contribution < -0.4 is 5.32 Å². The highest BCUT2D eigenvalue weighted by atomic mass is 35.5. The maximum absolute atomic E-state index is 11.3. The van der Waals surface area contributed by atoms with Gasteiger partial charge in [0.05, 0.1) is 22.0 Å². The molecule has 98 valence electrons. The van der Waals surface area contributed by atoms with Crippen molar-refractivity contribution < 1.29 is 22.6 Å². The van der Waals surface area contributed by atoms with Crippen LogP contribution in [0, 0.1) is 0 Å². The Morgan fingerprint density at radius 3 is 2.50 bits per heavy atom. The van der Waals surface area contributed by atoms with Crippen molar-refractivity contribution in [2.45, 2.75) is 18.2 Å². The van der Waals surface area contributed by atoms with Crippen LogP contribution in [0.1, 0.15) is 13.3 Å². The van der Waals surface area contributed by atoms with Gasteiger partial charge in [-0.3, -0.25) is 14.1 Å². The summed E-state index contributed by atoms with van der Waals surface area (Å²) in [7, 11) is -4.38. The van der Waals surface area contributed by atoms with Gasteiger partial charge in [0.25, 0.3) is 10.1 Å². The largest absolute Gasteiger partial charge is 0.324 e. The number of nitrogens with one attached hydrogen (secondary N) is 1. The van der Waals surface area contributed by atoms with E-state index in [0.29, 0.717) is 0 Å². The van der Waals surface area contributed by atoms with Gasteiger partial charge < -0.3 is 5.32 Å². The molecule has 0 aliphatic carbocycles. The zero-order valence-corrected chi connectivity index (χ0v) is 10.9. The second-order valence-electron chi connectivity index (χ2n) is 3.54. The van der Waals surface area contributed by atoms with Crippen LogP contribution in [0.25, 0.3) is 0 Å².